The maximum absolute atomic E-state index is 5.50. The molecule has 0 aliphatic heterocycles. The smallest absolute Gasteiger partial charge is 0.164 e. The Hall–Kier alpha value is -9.25. The third-order valence-corrected chi connectivity index (χ3v) is 14.0. The molecular weight excluding hydrogens is 837 g/mol. The van der Waals surface area contributed by atoms with Crippen LogP contribution in [0.15, 0.2) is 243 Å². The zero-order chi connectivity index (χ0) is 45.4. The minimum absolute atomic E-state index is 0.608. The van der Waals surface area contributed by atoms with Gasteiger partial charge in [-0.1, -0.05) is 212 Å². The molecule has 4 heteroatoms. The zero-order valence-corrected chi connectivity index (χ0v) is 37.4. The third-order valence-electron chi connectivity index (χ3n) is 14.0. The van der Waals surface area contributed by atoms with Crippen LogP contribution in [0, 0.1) is 0 Å². The highest BCUT2D eigenvalue weighted by molar-refractivity contribution is 6.22. The number of nitrogens with zero attached hydrogens (tertiary/aromatic N) is 4. The van der Waals surface area contributed by atoms with Crippen molar-refractivity contribution >= 4 is 75.7 Å². The quantitative estimate of drug-likeness (QED) is 0.167. The fourth-order valence-corrected chi connectivity index (χ4v) is 10.7. The zero-order valence-electron chi connectivity index (χ0n) is 37.4. The average molecular weight is 877 g/mol. The Balaban J connectivity index is 1.12. The van der Waals surface area contributed by atoms with E-state index in [0.29, 0.717) is 17.5 Å². The number of benzene rings is 12. The topological polar surface area (TPSA) is 43.6 Å². The minimum atomic E-state index is 0.608. The maximum atomic E-state index is 5.50. The summed E-state index contributed by atoms with van der Waals surface area (Å²) in [6, 6.07) is 87.3. The van der Waals surface area contributed by atoms with Crippen molar-refractivity contribution in [1.29, 1.82) is 0 Å². The molecule has 14 aromatic rings. The van der Waals surface area contributed by atoms with E-state index in [1.54, 1.807) is 0 Å². The van der Waals surface area contributed by atoms with E-state index in [9.17, 15) is 0 Å². The van der Waals surface area contributed by atoms with Crippen LogP contribution in [0.1, 0.15) is 0 Å². The molecule has 14 rings (SSSR count). The molecule has 0 saturated carbocycles. The molecule has 320 valence electrons. The molecule has 0 saturated heterocycles. The summed E-state index contributed by atoms with van der Waals surface area (Å²) in [5.74, 6) is 1.84. The van der Waals surface area contributed by atoms with Gasteiger partial charge in [0.1, 0.15) is 0 Å². The van der Waals surface area contributed by atoms with Gasteiger partial charge in [-0.3, -0.25) is 0 Å². The predicted molar refractivity (Wildman–Crippen MR) is 289 cm³/mol. The van der Waals surface area contributed by atoms with Crippen LogP contribution in [0.3, 0.4) is 0 Å². The van der Waals surface area contributed by atoms with Gasteiger partial charge >= 0.3 is 0 Å². The molecule has 0 atom stereocenters. The first-order chi connectivity index (χ1) is 34.2. The van der Waals surface area contributed by atoms with Gasteiger partial charge in [0.05, 0.1) is 16.7 Å². The van der Waals surface area contributed by atoms with Crippen LogP contribution in [0.4, 0.5) is 0 Å². The summed E-state index contributed by atoms with van der Waals surface area (Å²) in [6.45, 7) is 0. The summed E-state index contributed by atoms with van der Waals surface area (Å²) in [7, 11) is 0. The number of aromatic nitrogens is 4. The van der Waals surface area contributed by atoms with E-state index in [0.717, 1.165) is 71.7 Å². The standard InChI is InChI=1S/C65H40N4/c1-2-16-41(17-3-1)46-25-14-26-50(37-46)63-66-64(56-31-15-24-43-19-8-10-27-51(43)56)68-65(67-63)59-40-57(49-33-32-42-18-4-5-21-45(42)36-49)62(54-30-13-12-29-53(54)59)69-60-39-48-23-7-6-22-47(48)38-58(60)55-35-34-44-20-9-11-28-52(44)61(55)69/h1-40H. The first-order valence-corrected chi connectivity index (χ1v) is 23.5. The molecule has 0 N–H and O–H groups in total. The Kier molecular flexibility index (Phi) is 8.86. The Bertz CT molecular complexity index is 4370. The highest BCUT2D eigenvalue weighted by Gasteiger charge is 2.25. The molecule has 0 radical (unpaired) electrons. The van der Waals surface area contributed by atoms with E-state index in [1.165, 1.54) is 48.6 Å². The van der Waals surface area contributed by atoms with Gasteiger partial charge in [0.15, 0.2) is 17.5 Å². The third kappa shape index (κ3) is 6.41. The van der Waals surface area contributed by atoms with Crippen molar-refractivity contribution in [1.82, 2.24) is 19.5 Å². The molecule has 0 spiro atoms. The molecule has 0 aliphatic rings. The molecule has 69 heavy (non-hydrogen) atoms. The highest BCUT2D eigenvalue weighted by Crippen LogP contribution is 2.46. The lowest BCUT2D eigenvalue weighted by atomic mass is 9.92. The summed E-state index contributed by atoms with van der Waals surface area (Å²) >= 11 is 0. The lowest BCUT2D eigenvalue weighted by molar-refractivity contribution is 1.08. The number of hydrogen-bond donors (Lipinski definition) is 0. The van der Waals surface area contributed by atoms with Crippen LogP contribution >= 0.6 is 0 Å². The van der Waals surface area contributed by atoms with E-state index in [1.807, 2.05) is 0 Å². The predicted octanol–water partition coefficient (Wildman–Crippen LogP) is 17.1. The van der Waals surface area contributed by atoms with Crippen LogP contribution in [-0.4, -0.2) is 19.5 Å². The molecule has 12 aromatic carbocycles. The Labute approximate surface area is 398 Å². The summed E-state index contributed by atoms with van der Waals surface area (Å²) < 4.78 is 2.55. The van der Waals surface area contributed by atoms with Crippen molar-refractivity contribution in [3.8, 4) is 62.1 Å². The van der Waals surface area contributed by atoms with Gasteiger partial charge < -0.3 is 4.57 Å². The van der Waals surface area contributed by atoms with Crippen molar-refractivity contribution in [3.05, 3.63) is 243 Å². The lowest BCUT2D eigenvalue weighted by Crippen LogP contribution is -2.04. The van der Waals surface area contributed by atoms with Crippen molar-refractivity contribution in [2.45, 2.75) is 0 Å². The Morgan fingerprint density at radius 1 is 0.246 bits per heavy atom. The number of fused-ring (bicyclic) bond motifs is 9. The van der Waals surface area contributed by atoms with Gasteiger partial charge in [0.2, 0.25) is 0 Å². The van der Waals surface area contributed by atoms with E-state index in [4.69, 9.17) is 15.0 Å². The molecular formula is C65H40N4. The van der Waals surface area contributed by atoms with Crippen LogP contribution in [0.25, 0.3) is 138 Å². The summed E-state index contributed by atoms with van der Waals surface area (Å²) in [4.78, 5) is 16.3. The molecule has 0 unspecified atom stereocenters. The van der Waals surface area contributed by atoms with E-state index >= 15 is 0 Å². The van der Waals surface area contributed by atoms with Gasteiger partial charge in [-0.2, -0.15) is 0 Å². The molecule has 4 nitrogen and oxygen atoms in total. The second-order valence-corrected chi connectivity index (χ2v) is 17.9. The second kappa shape index (κ2) is 15.7. The SMILES string of the molecule is c1ccc(-c2cccc(-c3nc(-c4cccc5ccccc45)nc(-c4cc(-c5ccc6ccccc6c5)c(-n5c6cc7ccccc7cc6c6ccc7ccccc7c65)c5ccccc45)n3)c2)cc1. The van der Waals surface area contributed by atoms with Gasteiger partial charge in [-0.25, -0.2) is 15.0 Å². The van der Waals surface area contributed by atoms with Gasteiger partial charge in [-0.15, -0.1) is 0 Å². The van der Waals surface area contributed by atoms with Crippen LogP contribution in [0.5, 0.6) is 0 Å². The molecule has 0 bridgehead atoms. The first kappa shape index (κ1) is 39.0. The summed E-state index contributed by atoms with van der Waals surface area (Å²) in [5.41, 5.74) is 10.7. The van der Waals surface area contributed by atoms with Crippen molar-refractivity contribution in [2.24, 2.45) is 0 Å². The van der Waals surface area contributed by atoms with Gasteiger partial charge in [0, 0.05) is 43.8 Å². The minimum Gasteiger partial charge on any atom is -0.307 e. The molecule has 2 aromatic heterocycles. The van der Waals surface area contributed by atoms with E-state index in [2.05, 4.69) is 247 Å². The van der Waals surface area contributed by atoms with E-state index < -0.39 is 0 Å². The van der Waals surface area contributed by atoms with Crippen LogP contribution < -0.4 is 0 Å². The lowest BCUT2D eigenvalue weighted by Gasteiger charge is -2.21. The number of rotatable bonds is 6. The Morgan fingerprint density at radius 2 is 0.797 bits per heavy atom. The van der Waals surface area contributed by atoms with Crippen LogP contribution in [-0.2, 0) is 0 Å². The molecule has 0 fully saturated rings. The maximum Gasteiger partial charge on any atom is 0.164 e. The number of hydrogen-bond acceptors (Lipinski definition) is 3. The fraction of sp³-hybridized carbons (Fsp3) is 0. The summed E-state index contributed by atoms with van der Waals surface area (Å²) in [6.07, 6.45) is 0. The summed E-state index contributed by atoms with van der Waals surface area (Å²) in [5, 5.41) is 14.0. The average Bonchev–Trinajstić information content (AvgIpc) is 3.74. The van der Waals surface area contributed by atoms with E-state index in [-0.39, 0.29) is 0 Å². The highest BCUT2D eigenvalue weighted by atomic mass is 15.0. The fourth-order valence-electron chi connectivity index (χ4n) is 10.7. The Morgan fingerprint density at radius 3 is 1.59 bits per heavy atom. The van der Waals surface area contributed by atoms with Crippen molar-refractivity contribution in [2.75, 3.05) is 0 Å². The van der Waals surface area contributed by atoms with Crippen molar-refractivity contribution < 1.29 is 0 Å². The van der Waals surface area contributed by atoms with Gasteiger partial charge in [0.25, 0.3) is 0 Å². The monoisotopic (exact) mass is 876 g/mol. The molecule has 0 aliphatic carbocycles. The second-order valence-electron chi connectivity index (χ2n) is 17.9. The molecule has 2 heterocycles. The van der Waals surface area contributed by atoms with Gasteiger partial charge in [-0.05, 0) is 90.1 Å². The normalized spacial score (nSPS) is 11.8. The van der Waals surface area contributed by atoms with Crippen LogP contribution in [0.2, 0.25) is 0 Å². The molecule has 0 amide bonds. The first-order valence-electron chi connectivity index (χ1n) is 23.5. The van der Waals surface area contributed by atoms with Crippen molar-refractivity contribution in [3.63, 3.8) is 0 Å². The largest absolute Gasteiger partial charge is 0.307 e.